The lowest BCUT2D eigenvalue weighted by atomic mass is 10.0. The van der Waals surface area contributed by atoms with Gasteiger partial charge in [0.1, 0.15) is 0 Å². The van der Waals surface area contributed by atoms with Gasteiger partial charge >= 0.3 is 0 Å². The Hall–Kier alpha value is -7.97. The second-order valence-corrected chi connectivity index (χ2v) is 18.5. The van der Waals surface area contributed by atoms with Crippen LogP contribution in [0.25, 0.3) is 129 Å². The summed E-state index contributed by atoms with van der Waals surface area (Å²) >= 11 is 3.62. The Labute approximate surface area is 374 Å². The number of hydrogen-bond donors (Lipinski definition) is 0. The van der Waals surface area contributed by atoms with E-state index in [0.717, 1.165) is 55.4 Å². The Bertz CT molecular complexity index is 4210. The smallest absolute Gasteiger partial charge is 0.164 e. The Morgan fingerprint density at radius 1 is 0.328 bits per heavy atom. The molecule has 0 aliphatic rings. The van der Waals surface area contributed by atoms with E-state index in [-0.39, 0.29) is 0 Å². The number of rotatable bonds is 5. The molecule has 9 aromatic carbocycles. The molecule has 0 spiro atoms. The molecule has 298 valence electrons. The molecule has 5 aromatic heterocycles. The maximum Gasteiger partial charge on any atom is 0.164 e. The fraction of sp³-hybridized carbons (Fsp3) is 0. The van der Waals surface area contributed by atoms with E-state index in [2.05, 4.69) is 209 Å². The minimum atomic E-state index is 0.636. The van der Waals surface area contributed by atoms with Crippen LogP contribution in [0.1, 0.15) is 0 Å². The lowest BCUT2D eigenvalue weighted by Crippen LogP contribution is -2.01. The van der Waals surface area contributed by atoms with Crippen molar-refractivity contribution in [3.63, 3.8) is 0 Å². The van der Waals surface area contributed by atoms with Gasteiger partial charge in [-0.05, 0) is 72.8 Å². The summed E-state index contributed by atoms with van der Waals surface area (Å²) in [5, 5.41) is 9.48. The molecule has 0 N–H and O–H groups in total. The highest BCUT2D eigenvalue weighted by molar-refractivity contribution is 7.26. The monoisotopic (exact) mass is 851 g/mol. The van der Waals surface area contributed by atoms with E-state index in [1.807, 2.05) is 11.3 Å². The summed E-state index contributed by atoms with van der Waals surface area (Å²) in [6, 6.07) is 71.9. The molecule has 14 rings (SSSR count). The fourth-order valence-electron chi connectivity index (χ4n) is 10.1. The van der Waals surface area contributed by atoms with Crippen LogP contribution in [0.2, 0.25) is 0 Å². The van der Waals surface area contributed by atoms with Crippen LogP contribution in [0, 0.1) is 0 Å². The SMILES string of the molecule is c1ccc(-n2c3ccccc3c3cccc(-n4c5ccccc5c5c(-c6nc(-c7ccc8sc9ccccc9c8c7)nc(-c7cccc8sc9ccccc9c78)n6)cccc54)c32)cc1. The van der Waals surface area contributed by atoms with Gasteiger partial charge in [0.2, 0.25) is 0 Å². The highest BCUT2D eigenvalue weighted by Gasteiger charge is 2.24. The van der Waals surface area contributed by atoms with E-state index in [4.69, 9.17) is 15.0 Å². The van der Waals surface area contributed by atoms with Crippen LogP contribution in [0.5, 0.6) is 0 Å². The van der Waals surface area contributed by atoms with E-state index < -0.39 is 0 Å². The third kappa shape index (κ3) is 5.19. The van der Waals surface area contributed by atoms with Crippen molar-refractivity contribution in [2.45, 2.75) is 0 Å². The van der Waals surface area contributed by atoms with Crippen molar-refractivity contribution in [1.29, 1.82) is 0 Å². The van der Waals surface area contributed by atoms with Gasteiger partial charge < -0.3 is 9.13 Å². The van der Waals surface area contributed by atoms with Gasteiger partial charge in [0.15, 0.2) is 17.5 Å². The molecular formula is C57H33N5S2. The fourth-order valence-corrected chi connectivity index (χ4v) is 12.3. The van der Waals surface area contributed by atoms with Crippen molar-refractivity contribution >= 4 is 107 Å². The molecule has 0 amide bonds. The van der Waals surface area contributed by atoms with Gasteiger partial charge in [0.05, 0.1) is 27.8 Å². The molecule has 0 unspecified atom stereocenters. The molecule has 0 saturated heterocycles. The number of benzene rings is 9. The first kappa shape index (κ1) is 35.6. The second kappa shape index (κ2) is 13.8. The lowest BCUT2D eigenvalue weighted by molar-refractivity contribution is 1.08. The van der Waals surface area contributed by atoms with Crippen molar-refractivity contribution < 1.29 is 0 Å². The lowest BCUT2D eigenvalue weighted by Gasteiger charge is -2.14. The Kier molecular flexibility index (Phi) is 7.66. The molecule has 0 atom stereocenters. The standard InChI is InChI=1S/C57H33N5S2/c1-2-15-35(16-3-1)61-44-24-8-4-17-36(44)38-21-12-27-47(54(38)61)62-45-25-9-5-19-39(45)52-41(22-13-26-46(52)62)56-58-55(34-31-32-50-43(33-34)37-18-6-10-28-48(37)63-50)59-57(60-56)42-23-14-30-51-53(42)40-20-7-11-29-49(40)64-51/h1-33H. The number of fused-ring (bicyclic) bond motifs is 12. The maximum atomic E-state index is 5.48. The third-order valence-electron chi connectivity index (χ3n) is 12.8. The van der Waals surface area contributed by atoms with Crippen LogP contribution in [-0.4, -0.2) is 24.1 Å². The third-order valence-corrected chi connectivity index (χ3v) is 15.1. The van der Waals surface area contributed by atoms with Crippen molar-refractivity contribution in [2.75, 3.05) is 0 Å². The Balaban J connectivity index is 1.06. The molecule has 14 aromatic rings. The molecule has 7 heteroatoms. The summed E-state index contributed by atoms with van der Waals surface area (Å²) in [5.74, 6) is 1.94. The van der Waals surface area contributed by atoms with E-state index in [9.17, 15) is 0 Å². The molecule has 0 bridgehead atoms. The maximum absolute atomic E-state index is 5.48. The first-order chi connectivity index (χ1) is 31.7. The largest absolute Gasteiger partial charge is 0.307 e. The number of hydrogen-bond acceptors (Lipinski definition) is 5. The summed E-state index contributed by atoms with van der Waals surface area (Å²) in [6.45, 7) is 0. The summed E-state index contributed by atoms with van der Waals surface area (Å²) in [5.41, 5.74) is 9.65. The normalized spacial score (nSPS) is 12.1. The predicted molar refractivity (Wildman–Crippen MR) is 271 cm³/mol. The number of nitrogens with zero attached hydrogens (tertiary/aromatic N) is 5. The van der Waals surface area contributed by atoms with Gasteiger partial charge in [-0.25, -0.2) is 15.0 Å². The van der Waals surface area contributed by atoms with Gasteiger partial charge in [0, 0.05) is 84.3 Å². The molecular weight excluding hydrogens is 819 g/mol. The summed E-state index contributed by atoms with van der Waals surface area (Å²) in [6.07, 6.45) is 0. The Morgan fingerprint density at radius 2 is 0.875 bits per heavy atom. The van der Waals surface area contributed by atoms with Gasteiger partial charge in [-0.2, -0.15) is 0 Å². The molecule has 0 saturated carbocycles. The van der Waals surface area contributed by atoms with Crippen molar-refractivity contribution in [1.82, 2.24) is 24.1 Å². The van der Waals surface area contributed by atoms with Gasteiger partial charge in [-0.15, -0.1) is 22.7 Å². The summed E-state index contributed by atoms with van der Waals surface area (Å²) in [4.78, 5) is 16.3. The molecule has 0 aliphatic carbocycles. The first-order valence-corrected chi connectivity index (χ1v) is 23.1. The van der Waals surface area contributed by atoms with Crippen molar-refractivity contribution in [3.8, 4) is 45.5 Å². The molecule has 5 heterocycles. The summed E-state index contributed by atoms with van der Waals surface area (Å²) < 4.78 is 9.82. The molecule has 0 fully saturated rings. The first-order valence-electron chi connectivity index (χ1n) is 21.4. The van der Waals surface area contributed by atoms with E-state index in [0.29, 0.717) is 17.5 Å². The minimum Gasteiger partial charge on any atom is -0.307 e. The zero-order valence-electron chi connectivity index (χ0n) is 34.1. The second-order valence-electron chi connectivity index (χ2n) is 16.3. The topological polar surface area (TPSA) is 48.5 Å². The number of aromatic nitrogens is 5. The zero-order valence-corrected chi connectivity index (χ0v) is 35.7. The van der Waals surface area contributed by atoms with Crippen LogP contribution >= 0.6 is 22.7 Å². The van der Waals surface area contributed by atoms with Crippen LogP contribution in [0.3, 0.4) is 0 Å². The van der Waals surface area contributed by atoms with Gasteiger partial charge in [-0.1, -0.05) is 127 Å². The van der Waals surface area contributed by atoms with Crippen LogP contribution in [-0.2, 0) is 0 Å². The Morgan fingerprint density at radius 3 is 1.69 bits per heavy atom. The van der Waals surface area contributed by atoms with E-state index >= 15 is 0 Å². The van der Waals surface area contributed by atoms with Crippen molar-refractivity contribution in [3.05, 3.63) is 200 Å². The predicted octanol–water partition coefficient (Wildman–Crippen LogP) is 15.8. The average molecular weight is 852 g/mol. The molecule has 64 heavy (non-hydrogen) atoms. The highest BCUT2D eigenvalue weighted by atomic mass is 32.1. The summed E-state index contributed by atoms with van der Waals surface area (Å²) in [7, 11) is 0. The van der Waals surface area contributed by atoms with E-state index in [1.54, 1.807) is 11.3 Å². The molecule has 0 radical (unpaired) electrons. The quantitative estimate of drug-likeness (QED) is 0.173. The molecule has 5 nitrogen and oxygen atoms in total. The van der Waals surface area contributed by atoms with Crippen LogP contribution in [0.15, 0.2) is 200 Å². The highest BCUT2D eigenvalue weighted by Crippen LogP contribution is 2.44. The zero-order chi connectivity index (χ0) is 41.9. The van der Waals surface area contributed by atoms with Crippen molar-refractivity contribution in [2.24, 2.45) is 0 Å². The van der Waals surface area contributed by atoms with E-state index in [1.165, 1.54) is 56.6 Å². The van der Waals surface area contributed by atoms with Gasteiger partial charge in [0.25, 0.3) is 0 Å². The molecule has 0 aliphatic heterocycles. The minimum absolute atomic E-state index is 0.636. The van der Waals surface area contributed by atoms with Crippen LogP contribution < -0.4 is 0 Å². The van der Waals surface area contributed by atoms with Crippen LogP contribution in [0.4, 0.5) is 0 Å². The average Bonchev–Trinajstić information content (AvgIpc) is 4.12. The number of thiophene rings is 2. The van der Waals surface area contributed by atoms with Gasteiger partial charge in [-0.3, -0.25) is 0 Å². The number of para-hydroxylation sites is 4.